The fraction of sp³-hybridized carbons (Fsp3) is 0.900. The molecule has 3 aliphatic carbocycles. The van der Waals surface area contributed by atoms with Crippen molar-refractivity contribution < 1.29 is 14.3 Å². The summed E-state index contributed by atoms with van der Waals surface area (Å²) in [5, 5.41) is 0. The fourth-order valence-corrected chi connectivity index (χ4v) is 6.73. The average molecular weight is 318 g/mol. The third-order valence-corrected chi connectivity index (χ3v) is 7.72. The van der Waals surface area contributed by atoms with E-state index in [0.29, 0.717) is 35.4 Å². The Kier molecular flexibility index (Phi) is 3.62. The number of carbonyl (C=O) groups excluding carboxylic acids is 2. The van der Waals surface area contributed by atoms with E-state index in [1.807, 2.05) is 0 Å². The molecule has 0 bridgehead atoms. The van der Waals surface area contributed by atoms with Gasteiger partial charge in [0.25, 0.3) is 0 Å². The molecule has 9 atom stereocenters. The largest absolute Gasteiger partial charge is 0.462 e. The maximum absolute atomic E-state index is 13.5. The van der Waals surface area contributed by atoms with Crippen LogP contribution in [0.2, 0.25) is 0 Å². The standard InChI is InChI=1S/C20H30O3/c1-9(2)12-6-5-10(3)16-13(12)8-14-18-15(23-20(14)22)7-11(4)17(18)19(16)21/h9-18H,5-8H2,1-4H3. The van der Waals surface area contributed by atoms with Gasteiger partial charge in [0.1, 0.15) is 11.9 Å². The topological polar surface area (TPSA) is 43.4 Å². The van der Waals surface area contributed by atoms with Crippen molar-refractivity contribution in [1.29, 1.82) is 0 Å². The van der Waals surface area contributed by atoms with Gasteiger partial charge in [0.15, 0.2) is 0 Å². The number of fused-ring (bicyclic) bond motifs is 1. The number of ketones is 1. The van der Waals surface area contributed by atoms with Crippen LogP contribution in [0.4, 0.5) is 0 Å². The highest BCUT2D eigenvalue weighted by molar-refractivity contribution is 5.88. The molecule has 0 spiro atoms. The Morgan fingerprint density at radius 3 is 2.43 bits per heavy atom. The minimum absolute atomic E-state index is 0.00826. The lowest BCUT2D eigenvalue weighted by atomic mass is 9.60. The van der Waals surface area contributed by atoms with Gasteiger partial charge in [-0.25, -0.2) is 0 Å². The van der Waals surface area contributed by atoms with Crippen LogP contribution in [0, 0.1) is 53.3 Å². The Balaban J connectivity index is 1.76. The smallest absolute Gasteiger partial charge is 0.309 e. The molecule has 3 nitrogen and oxygen atoms in total. The summed E-state index contributed by atoms with van der Waals surface area (Å²) in [6, 6.07) is 0. The van der Waals surface area contributed by atoms with Gasteiger partial charge in [0.2, 0.25) is 0 Å². The van der Waals surface area contributed by atoms with Crippen LogP contribution in [0.15, 0.2) is 0 Å². The van der Waals surface area contributed by atoms with Crippen molar-refractivity contribution >= 4 is 11.8 Å². The van der Waals surface area contributed by atoms with Gasteiger partial charge >= 0.3 is 5.97 Å². The summed E-state index contributed by atoms with van der Waals surface area (Å²) in [7, 11) is 0. The molecule has 0 aromatic rings. The number of Topliss-reactive ketones (excluding diaryl/α,β-unsaturated/α-hetero) is 1. The van der Waals surface area contributed by atoms with Crippen molar-refractivity contribution in [3.63, 3.8) is 0 Å². The van der Waals surface area contributed by atoms with Gasteiger partial charge in [-0.15, -0.1) is 0 Å². The van der Waals surface area contributed by atoms with Gasteiger partial charge in [-0.2, -0.15) is 0 Å². The number of hydrogen-bond acceptors (Lipinski definition) is 3. The Morgan fingerprint density at radius 1 is 1.00 bits per heavy atom. The second-order valence-electron chi connectivity index (χ2n) is 9.19. The van der Waals surface area contributed by atoms with Gasteiger partial charge in [-0.05, 0) is 55.3 Å². The zero-order valence-electron chi connectivity index (χ0n) is 14.8. The lowest BCUT2D eigenvalue weighted by Gasteiger charge is -2.43. The Morgan fingerprint density at radius 2 is 1.74 bits per heavy atom. The first-order valence-electron chi connectivity index (χ1n) is 9.64. The Labute approximate surface area is 139 Å². The van der Waals surface area contributed by atoms with Crippen molar-refractivity contribution in [3.05, 3.63) is 0 Å². The van der Waals surface area contributed by atoms with Crippen LogP contribution in [-0.4, -0.2) is 17.9 Å². The molecule has 4 fully saturated rings. The summed E-state index contributed by atoms with van der Waals surface area (Å²) in [5.74, 6) is 3.30. The second kappa shape index (κ2) is 5.32. The number of ether oxygens (including phenoxy) is 1. The predicted octanol–water partition coefficient (Wildman–Crippen LogP) is 3.71. The maximum Gasteiger partial charge on any atom is 0.309 e. The van der Waals surface area contributed by atoms with E-state index in [9.17, 15) is 9.59 Å². The zero-order chi connectivity index (χ0) is 16.5. The maximum atomic E-state index is 13.5. The molecule has 1 saturated heterocycles. The van der Waals surface area contributed by atoms with E-state index in [4.69, 9.17) is 4.74 Å². The summed E-state index contributed by atoms with van der Waals surface area (Å²) in [5.41, 5.74) is 0. The van der Waals surface area contributed by atoms with Gasteiger partial charge < -0.3 is 4.74 Å². The van der Waals surface area contributed by atoms with E-state index >= 15 is 0 Å². The number of rotatable bonds is 1. The average Bonchev–Trinajstić information content (AvgIpc) is 2.87. The second-order valence-corrected chi connectivity index (χ2v) is 9.19. The molecule has 4 aliphatic rings. The zero-order valence-corrected chi connectivity index (χ0v) is 14.8. The van der Waals surface area contributed by atoms with Gasteiger partial charge in [-0.1, -0.05) is 27.7 Å². The van der Waals surface area contributed by atoms with Crippen LogP contribution in [-0.2, 0) is 14.3 Å². The Bertz CT molecular complexity index is 525. The molecule has 3 saturated carbocycles. The molecule has 4 rings (SSSR count). The number of carbonyl (C=O) groups is 2. The molecule has 1 aliphatic heterocycles. The van der Waals surface area contributed by atoms with E-state index in [2.05, 4.69) is 27.7 Å². The first-order valence-corrected chi connectivity index (χ1v) is 9.64. The highest BCUT2D eigenvalue weighted by Gasteiger charge is 2.62. The lowest BCUT2D eigenvalue weighted by Crippen LogP contribution is -2.42. The van der Waals surface area contributed by atoms with Gasteiger partial charge in [-0.3, -0.25) is 9.59 Å². The van der Waals surface area contributed by atoms with Crippen LogP contribution in [0.3, 0.4) is 0 Å². The quantitative estimate of drug-likeness (QED) is 0.692. The molecular formula is C20H30O3. The van der Waals surface area contributed by atoms with Gasteiger partial charge in [0.05, 0.1) is 5.92 Å². The molecule has 23 heavy (non-hydrogen) atoms. The number of esters is 1. The monoisotopic (exact) mass is 318 g/mol. The molecule has 0 amide bonds. The Hall–Kier alpha value is -0.860. The summed E-state index contributed by atoms with van der Waals surface area (Å²) in [6.07, 6.45) is 4.18. The summed E-state index contributed by atoms with van der Waals surface area (Å²) >= 11 is 0. The molecular weight excluding hydrogens is 288 g/mol. The van der Waals surface area contributed by atoms with Crippen LogP contribution < -0.4 is 0 Å². The lowest BCUT2D eigenvalue weighted by molar-refractivity contribution is -0.145. The molecule has 0 N–H and O–H groups in total. The minimum atomic E-state index is -0.0135. The van der Waals surface area contributed by atoms with Crippen molar-refractivity contribution in [2.45, 2.75) is 59.5 Å². The number of hydrogen-bond donors (Lipinski definition) is 0. The SMILES string of the molecule is CC(C)C1CCC(C)C2C(=O)C3C(C)CC4OC(=O)C(CC12)C43. The third kappa shape index (κ3) is 2.14. The van der Waals surface area contributed by atoms with Crippen molar-refractivity contribution in [2.24, 2.45) is 53.3 Å². The molecule has 128 valence electrons. The predicted molar refractivity (Wildman–Crippen MR) is 87.5 cm³/mol. The molecule has 0 radical (unpaired) electrons. The summed E-state index contributed by atoms with van der Waals surface area (Å²) in [6.45, 7) is 9.03. The van der Waals surface area contributed by atoms with Crippen molar-refractivity contribution in [1.82, 2.24) is 0 Å². The van der Waals surface area contributed by atoms with E-state index in [1.54, 1.807) is 0 Å². The van der Waals surface area contributed by atoms with Crippen LogP contribution in [0.25, 0.3) is 0 Å². The molecule has 9 unspecified atom stereocenters. The minimum Gasteiger partial charge on any atom is -0.462 e. The van der Waals surface area contributed by atoms with E-state index in [0.717, 1.165) is 12.8 Å². The van der Waals surface area contributed by atoms with E-state index in [1.165, 1.54) is 12.8 Å². The van der Waals surface area contributed by atoms with Crippen LogP contribution >= 0.6 is 0 Å². The summed E-state index contributed by atoms with van der Waals surface area (Å²) < 4.78 is 5.68. The van der Waals surface area contributed by atoms with Crippen molar-refractivity contribution in [2.75, 3.05) is 0 Å². The highest BCUT2D eigenvalue weighted by atomic mass is 16.6. The first-order chi connectivity index (χ1) is 10.9. The van der Waals surface area contributed by atoms with E-state index < -0.39 is 0 Å². The van der Waals surface area contributed by atoms with Crippen LogP contribution in [0.1, 0.15) is 53.4 Å². The van der Waals surface area contributed by atoms with Crippen LogP contribution in [0.5, 0.6) is 0 Å². The van der Waals surface area contributed by atoms with Gasteiger partial charge in [0, 0.05) is 17.8 Å². The first kappa shape index (κ1) is 15.7. The summed E-state index contributed by atoms with van der Waals surface area (Å²) in [4.78, 5) is 26.0. The highest BCUT2D eigenvalue weighted by Crippen LogP contribution is 2.57. The normalized spacial score (nSPS) is 52.1. The van der Waals surface area contributed by atoms with Crippen molar-refractivity contribution in [3.8, 4) is 0 Å². The molecule has 0 aromatic carbocycles. The van der Waals surface area contributed by atoms with E-state index in [-0.39, 0.29) is 35.7 Å². The molecule has 1 heterocycles. The molecule has 0 aromatic heterocycles. The fourth-order valence-electron chi connectivity index (χ4n) is 6.73. The third-order valence-electron chi connectivity index (χ3n) is 7.72. The molecule has 3 heteroatoms.